The van der Waals surface area contributed by atoms with Crippen molar-refractivity contribution in [1.29, 1.82) is 0 Å². The molecule has 0 aliphatic rings. The van der Waals surface area contributed by atoms with Gasteiger partial charge in [0.2, 0.25) is 0 Å². The van der Waals surface area contributed by atoms with Gasteiger partial charge in [-0.1, -0.05) is 18.2 Å². The van der Waals surface area contributed by atoms with Gasteiger partial charge in [-0.05, 0) is 47.9 Å². The first kappa shape index (κ1) is 13.2. The maximum Gasteiger partial charge on any atom is 0.200 e. The highest BCUT2D eigenvalue weighted by Gasteiger charge is 2.16. The number of nitrogens with zero attached hydrogens (tertiary/aromatic N) is 3. The number of aromatic nitrogens is 4. The van der Waals surface area contributed by atoms with Crippen molar-refractivity contribution in [2.75, 3.05) is 0 Å². The molecule has 0 unspecified atom stereocenters. The summed E-state index contributed by atoms with van der Waals surface area (Å²) in [7, 11) is 0. The van der Waals surface area contributed by atoms with E-state index in [0.29, 0.717) is 4.77 Å². The van der Waals surface area contributed by atoms with Gasteiger partial charge in [0.15, 0.2) is 10.6 Å². The number of benzene rings is 1. The fourth-order valence-corrected chi connectivity index (χ4v) is 3.54. The van der Waals surface area contributed by atoms with Gasteiger partial charge < -0.3 is 4.57 Å². The third-order valence-electron chi connectivity index (χ3n) is 3.42. The topological polar surface area (TPSA) is 38.5 Å². The van der Waals surface area contributed by atoms with Crippen molar-refractivity contribution in [2.24, 2.45) is 0 Å². The molecule has 1 N–H and O–H groups in total. The van der Waals surface area contributed by atoms with Gasteiger partial charge in [0, 0.05) is 18.1 Å². The smallest absolute Gasteiger partial charge is 0.200 e. The minimum Gasteiger partial charge on any atom is -0.322 e. The zero-order chi connectivity index (χ0) is 14.9. The lowest BCUT2D eigenvalue weighted by Crippen LogP contribution is -1.98. The van der Waals surface area contributed by atoms with Crippen molar-refractivity contribution in [1.82, 2.24) is 19.3 Å². The molecular formula is C16H12N4S2. The summed E-state index contributed by atoms with van der Waals surface area (Å²) in [6.07, 6.45) is 4.05. The summed E-state index contributed by atoms with van der Waals surface area (Å²) >= 11 is 7.07. The van der Waals surface area contributed by atoms with Crippen LogP contribution in [-0.4, -0.2) is 19.3 Å². The summed E-state index contributed by atoms with van der Waals surface area (Å²) in [5.41, 5.74) is 2.10. The summed E-state index contributed by atoms with van der Waals surface area (Å²) in [5.74, 6) is 0.829. The summed E-state index contributed by atoms with van der Waals surface area (Å²) in [6.45, 7) is 0. The minimum atomic E-state index is 0.591. The molecule has 1 aromatic carbocycles. The monoisotopic (exact) mass is 324 g/mol. The van der Waals surface area contributed by atoms with Crippen molar-refractivity contribution >= 4 is 23.6 Å². The van der Waals surface area contributed by atoms with Crippen LogP contribution >= 0.6 is 23.6 Å². The molecule has 0 atom stereocenters. The van der Waals surface area contributed by atoms with Gasteiger partial charge in [-0.2, -0.15) is 5.10 Å². The minimum absolute atomic E-state index is 0.591. The lowest BCUT2D eigenvalue weighted by molar-refractivity contribution is 1.03. The molecule has 4 rings (SSSR count). The van der Waals surface area contributed by atoms with Crippen LogP contribution in [0, 0.1) is 4.77 Å². The third kappa shape index (κ3) is 2.13. The fraction of sp³-hybridized carbons (Fsp3) is 0. The molecular weight excluding hydrogens is 312 g/mol. The normalized spacial score (nSPS) is 10.9. The Morgan fingerprint density at radius 2 is 1.77 bits per heavy atom. The highest BCUT2D eigenvalue weighted by Crippen LogP contribution is 2.32. The predicted octanol–water partition coefficient (Wildman–Crippen LogP) is 4.45. The number of H-pyrrole nitrogens is 1. The first-order chi connectivity index (χ1) is 10.8. The van der Waals surface area contributed by atoms with Crippen molar-refractivity contribution in [2.45, 2.75) is 0 Å². The molecule has 0 spiro atoms. The summed E-state index contributed by atoms with van der Waals surface area (Å²) in [4.78, 5) is 1.08. The van der Waals surface area contributed by atoms with Crippen LogP contribution in [0.25, 0.3) is 22.1 Å². The maximum absolute atomic E-state index is 5.41. The molecule has 0 radical (unpaired) electrons. The van der Waals surface area contributed by atoms with Gasteiger partial charge in [0.1, 0.15) is 0 Å². The predicted molar refractivity (Wildman–Crippen MR) is 91.4 cm³/mol. The summed E-state index contributed by atoms with van der Waals surface area (Å²) in [5, 5.41) is 9.42. The van der Waals surface area contributed by atoms with E-state index in [2.05, 4.69) is 26.2 Å². The zero-order valence-electron chi connectivity index (χ0n) is 11.5. The van der Waals surface area contributed by atoms with E-state index >= 15 is 0 Å². The van der Waals surface area contributed by atoms with Crippen LogP contribution < -0.4 is 0 Å². The van der Waals surface area contributed by atoms with Crippen LogP contribution in [0.3, 0.4) is 0 Å². The number of hydrogen-bond acceptors (Lipinski definition) is 3. The first-order valence-electron chi connectivity index (χ1n) is 6.78. The van der Waals surface area contributed by atoms with Gasteiger partial charge in [-0.15, -0.1) is 11.3 Å². The summed E-state index contributed by atoms with van der Waals surface area (Å²) < 4.78 is 4.64. The Bertz CT molecular complexity index is 946. The van der Waals surface area contributed by atoms with Gasteiger partial charge in [-0.25, -0.2) is 0 Å². The number of thiophene rings is 1. The van der Waals surface area contributed by atoms with Crippen molar-refractivity contribution in [3.05, 3.63) is 71.1 Å². The molecule has 0 fully saturated rings. The lowest BCUT2D eigenvalue weighted by Gasteiger charge is -2.08. The first-order valence-corrected chi connectivity index (χ1v) is 8.07. The second kappa shape index (κ2) is 5.40. The van der Waals surface area contributed by atoms with Crippen LogP contribution in [0.15, 0.2) is 66.3 Å². The standard InChI is InChI=1S/C16H12N4S2/c21-16-18-17-15(20(16)12-6-2-1-3-7-12)14-13(8-11-22-14)19-9-4-5-10-19/h1-11H,(H,18,21). The molecule has 4 aromatic rings. The van der Waals surface area contributed by atoms with Crippen LogP contribution in [0.4, 0.5) is 0 Å². The van der Waals surface area contributed by atoms with E-state index in [9.17, 15) is 0 Å². The summed E-state index contributed by atoms with van der Waals surface area (Å²) in [6, 6.07) is 16.1. The fourth-order valence-electron chi connectivity index (χ4n) is 2.43. The van der Waals surface area contributed by atoms with Crippen LogP contribution in [0.5, 0.6) is 0 Å². The largest absolute Gasteiger partial charge is 0.322 e. The Kier molecular flexibility index (Phi) is 3.25. The molecule has 0 saturated heterocycles. The molecule has 3 aromatic heterocycles. The molecule has 0 saturated carbocycles. The van der Waals surface area contributed by atoms with E-state index < -0.39 is 0 Å². The van der Waals surface area contributed by atoms with E-state index in [-0.39, 0.29) is 0 Å². The highest BCUT2D eigenvalue weighted by atomic mass is 32.1. The average Bonchev–Trinajstić information content (AvgIpc) is 3.27. The van der Waals surface area contributed by atoms with E-state index in [1.165, 1.54) is 0 Å². The second-order valence-corrected chi connectivity index (χ2v) is 6.05. The number of aromatic amines is 1. The van der Waals surface area contributed by atoms with E-state index in [1.807, 2.05) is 59.4 Å². The van der Waals surface area contributed by atoms with E-state index in [0.717, 1.165) is 22.1 Å². The van der Waals surface area contributed by atoms with Crippen molar-refractivity contribution < 1.29 is 0 Å². The molecule has 22 heavy (non-hydrogen) atoms. The van der Waals surface area contributed by atoms with E-state index in [1.54, 1.807) is 11.3 Å². The Morgan fingerprint density at radius 3 is 2.55 bits per heavy atom. The van der Waals surface area contributed by atoms with Gasteiger partial charge >= 0.3 is 0 Å². The molecule has 0 aliphatic heterocycles. The van der Waals surface area contributed by atoms with Gasteiger partial charge in [0.25, 0.3) is 0 Å². The quantitative estimate of drug-likeness (QED) is 0.565. The molecule has 0 bridgehead atoms. The second-order valence-electron chi connectivity index (χ2n) is 4.75. The highest BCUT2D eigenvalue weighted by molar-refractivity contribution is 7.71. The Labute approximate surface area is 136 Å². The number of nitrogens with one attached hydrogen (secondary N) is 1. The molecule has 0 aliphatic carbocycles. The van der Waals surface area contributed by atoms with Crippen LogP contribution in [0.2, 0.25) is 0 Å². The molecule has 6 heteroatoms. The molecule has 108 valence electrons. The van der Waals surface area contributed by atoms with Gasteiger partial charge in [0.05, 0.1) is 10.6 Å². The molecule has 4 nitrogen and oxygen atoms in total. The molecule has 3 heterocycles. The average molecular weight is 324 g/mol. The number of hydrogen-bond donors (Lipinski definition) is 1. The van der Waals surface area contributed by atoms with E-state index in [4.69, 9.17) is 12.2 Å². The Hall–Kier alpha value is -2.44. The zero-order valence-corrected chi connectivity index (χ0v) is 13.1. The van der Waals surface area contributed by atoms with Gasteiger partial charge in [-0.3, -0.25) is 9.67 Å². The SMILES string of the molecule is S=c1[nH]nc(-c2sccc2-n2cccc2)n1-c1ccccc1. The maximum atomic E-state index is 5.41. The lowest BCUT2D eigenvalue weighted by atomic mass is 10.3. The van der Waals surface area contributed by atoms with Crippen molar-refractivity contribution in [3.63, 3.8) is 0 Å². The molecule has 0 amide bonds. The van der Waals surface area contributed by atoms with Crippen molar-refractivity contribution in [3.8, 4) is 22.1 Å². The third-order valence-corrected chi connectivity index (χ3v) is 4.59. The van der Waals surface area contributed by atoms with Crippen LogP contribution in [0.1, 0.15) is 0 Å². The number of rotatable bonds is 3. The number of para-hydroxylation sites is 1. The Balaban J connectivity index is 1.93. The Morgan fingerprint density at radius 1 is 1.00 bits per heavy atom. The van der Waals surface area contributed by atoms with Crippen LogP contribution in [-0.2, 0) is 0 Å².